The molecular weight excluding hydrogens is 377 g/mol. The summed E-state index contributed by atoms with van der Waals surface area (Å²) in [6, 6.07) is 16.3. The lowest BCUT2D eigenvalue weighted by atomic mass is 9.86. The summed E-state index contributed by atoms with van der Waals surface area (Å²) in [4.78, 5) is 16.3. The lowest BCUT2D eigenvalue weighted by Gasteiger charge is -2.42. The minimum atomic E-state index is -0.340. The van der Waals surface area contributed by atoms with Crippen LogP contribution in [-0.4, -0.2) is 30.5 Å². The van der Waals surface area contributed by atoms with Crippen LogP contribution in [0.2, 0.25) is 0 Å². The lowest BCUT2D eigenvalue weighted by molar-refractivity contribution is -0.129. The number of hydrogen-bond acceptors (Lipinski definition) is 5. The van der Waals surface area contributed by atoms with E-state index in [1.54, 1.807) is 35.1 Å². The first-order valence-electron chi connectivity index (χ1n) is 8.84. The first-order chi connectivity index (χ1) is 13.6. The van der Waals surface area contributed by atoms with E-state index in [1.807, 2.05) is 24.3 Å². The van der Waals surface area contributed by atoms with Crippen molar-refractivity contribution < 1.29 is 13.9 Å². The molecule has 28 heavy (non-hydrogen) atoms. The minimum Gasteiger partial charge on any atom is -0.496 e. The van der Waals surface area contributed by atoms with Gasteiger partial charge in [-0.3, -0.25) is 9.69 Å². The predicted molar refractivity (Wildman–Crippen MR) is 106 cm³/mol. The van der Waals surface area contributed by atoms with Crippen molar-refractivity contribution in [3.8, 4) is 11.8 Å². The van der Waals surface area contributed by atoms with Crippen molar-refractivity contribution in [3.63, 3.8) is 0 Å². The van der Waals surface area contributed by atoms with Crippen molar-refractivity contribution in [1.82, 2.24) is 4.90 Å². The molecule has 0 N–H and O–H groups in total. The van der Waals surface area contributed by atoms with Crippen LogP contribution in [0.1, 0.15) is 17.9 Å². The summed E-state index contributed by atoms with van der Waals surface area (Å²) in [5.74, 6) is 0.373. The van der Waals surface area contributed by atoms with Gasteiger partial charge >= 0.3 is 0 Å². The number of anilines is 1. The van der Waals surface area contributed by atoms with E-state index in [2.05, 4.69) is 6.07 Å². The Balaban J connectivity index is 1.71. The molecule has 0 aromatic heterocycles. The number of carbonyl (C=O) groups excluding carboxylic acids is 1. The molecule has 2 aliphatic heterocycles. The summed E-state index contributed by atoms with van der Waals surface area (Å²) in [6.45, 7) is 0.228. The Kier molecular flexibility index (Phi) is 4.97. The van der Waals surface area contributed by atoms with Crippen molar-refractivity contribution in [2.45, 2.75) is 12.3 Å². The van der Waals surface area contributed by atoms with Gasteiger partial charge in [0.2, 0.25) is 5.91 Å². The van der Waals surface area contributed by atoms with E-state index in [1.165, 1.54) is 17.8 Å². The molecular formula is C21H18FN3O2S. The fourth-order valence-electron chi connectivity index (χ4n) is 3.64. The number of carbonyl (C=O) groups is 1. The summed E-state index contributed by atoms with van der Waals surface area (Å²) in [6.07, 6.45) is 0.179. The number of halogens is 1. The highest BCUT2D eigenvalue weighted by Gasteiger charge is 2.39. The minimum absolute atomic E-state index is 0.0848. The van der Waals surface area contributed by atoms with E-state index in [0.29, 0.717) is 27.9 Å². The van der Waals surface area contributed by atoms with E-state index in [9.17, 15) is 14.4 Å². The van der Waals surface area contributed by atoms with Gasteiger partial charge in [-0.15, -0.1) is 0 Å². The number of ether oxygens (including phenoxy) is 1. The normalized spacial score (nSPS) is 19.3. The number of benzene rings is 2. The number of allylic oxidation sites excluding steroid dienone is 1. The molecule has 1 saturated heterocycles. The van der Waals surface area contributed by atoms with Crippen LogP contribution in [0.15, 0.2) is 59.1 Å². The Labute approximate surface area is 167 Å². The van der Waals surface area contributed by atoms with E-state index in [0.717, 1.165) is 5.56 Å². The van der Waals surface area contributed by atoms with Crippen LogP contribution in [-0.2, 0) is 4.79 Å². The average Bonchev–Trinajstić information content (AvgIpc) is 2.74. The Bertz CT molecular complexity index is 1000. The Morgan fingerprint density at radius 1 is 1.21 bits per heavy atom. The number of para-hydroxylation sites is 2. The molecule has 2 aromatic carbocycles. The summed E-state index contributed by atoms with van der Waals surface area (Å²) in [7, 11) is 1.58. The van der Waals surface area contributed by atoms with Crippen LogP contribution in [0.3, 0.4) is 0 Å². The summed E-state index contributed by atoms with van der Waals surface area (Å²) in [5.41, 5.74) is 1.84. The number of amides is 1. The predicted octanol–water partition coefficient (Wildman–Crippen LogP) is 4.05. The molecule has 1 unspecified atom stereocenters. The molecule has 5 nitrogen and oxygen atoms in total. The van der Waals surface area contributed by atoms with Crippen molar-refractivity contribution >= 4 is 23.4 Å². The number of fused-ring (bicyclic) bond motifs is 1. The number of hydrogen-bond donors (Lipinski definition) is 0. The zero-order valence-electron chi connectivity index (χ0n) is 15.3. The largest absolute Gasteiger partial charge is 0.496 e. The van der Waals surface area contributed by atoms with Gasteiger partial charge in [0.1, 0.15) is 11.6 Å². The van der Waals surface area contributed by atoms with Crippen LogP contribution < -0.4 is 9.64 Å². The molecule has 1 atom stereocenters. The second-order valence-electron chi connectivity index (χ2n) is 6.56. The van der Waals surface area contributed by atoms with Gasteiger partial charge in [0.25, 0.3) is 0 Å². The van der Waals surface area contributed by atoms with E-state index in [4.69, 9.17) is 4.74 Å². The van der Waals surface area contributed by atoms with Crippen molar-refractivity contribution in [2.75, 3.05) is 24.6 Å². The summed E-state index contributed by atoms with van der Waals surface area (Å²) in [5, 5.41) is 10.5. The number of nitriles is 1. The molecule has 2 aliphatic rings. The zero-order chi connectivity index (χ0) is 19.7. The smallest absolute Gasteiger partial charge is 0.229 e. The topological polar surface area (TPSA) is 56.6 Å². The maximum absolute atomic E-state index is 14.2. The van der Waals surface area contributed by atoms with Crippen LogP contribution in [0.25, 0.3) is 0 Å². The second-order valence-corrected chi connectivity index (χ2v) is 7.49. The van der Waals surface area contributed by atoms with Gasteiger partial charge in [-0.1, -0.05) is 42.1 Å². The highest BCUT2D eigenvalue weighted by Crippen LogP contribution is 2.45. The quantitative estimate of drug-likeness (QED) is 0.785. The molecule has 2 aromatic rings. The van der Waals surface area contributed by atoms with Crippen LogP contribution in [0.4, 0.5) is 10.1 Å². The fraction of sp³-hybridized carbons (Fsp3) is 0.238. The van der Waals surface area contributed by atoms with Gasteiger partial charge in [0.05, 0.1) is 42.0 Å². The third kappa shape index (κ3) is 3.10. The number of methoxy groups -OCH3 is 1. The monoisotopic (exact) mass is 395 g/mol. The van der Waals surface area contributed by atoms with Gasteiger partial charge < -0.3 is 9.64 Å². The van der Waals surface area contributed by atoms with Gasteiger partial charge in [-0.2, -0.15) is 5.26 Å². The van der Waals surface area contributed by atoms with Crippen LogP contribution in [0.5, 0.6) is 5.75 Å². The summed E-state index contributed by atoms with van der Waals surface area (Å²) >= 11 is 1.39. The highest BCUT2D eigenvalue weighted by molar-refractivity contribution is 8.03. The van der Waals surface area contributed by atoms with E-state index in [-0.39, 0.29) is 30.7 Å². The summed E-state index contributed by atoms with van der Waals surface area (Å²) < 4.78 is 19.6. The van der Waals surface area contributed by atoms with Crippen LogP contribution >= 0.6 is 11.8 Å². The fourth-order valence-corrected chi connectivity index (χ4v) is 4.80. The maximum Gasteiger partial charge on any atom is 0.229 e. The number of thioether (sulfide) groups is 1. The molecule has 2 heterocycles. The number of rotatable bonds is 3. The van der Waals surface area contributed by atoms with Crippen LogP contribution in [0, 0.1) is 17.1 Å². The molecule has 0 radical (unpaired) electrons. The maximum atomic E-state index is 14.2. The third-order valence-corrected chi connectivity index (χ3v) is 6.16. The molecule has 1 fully saturated rings. The molecule has 0 spiro atoms. The molecule has 1 amide bonds. The Hall–Kier alpha value is -2.98. The first kappa shape index (κ1) is 18.4. The third-order valence-electron chi connectivity index (χ3n) is 5.00. The lowest BCUT2D eigenvalue weighted by Crippen LogP contribution is -2.47. The standard InChI is InChI=1S/C21H18FN3O2S/c1-27-19-9-5-2-6-14(19)15-10-20(26)25-12-24(13-28-21(25)16(15)11-23)18-8-4-3-7-17(18)22/h2-9,15H,10,12-13H2,1H3. The number of nitrogens with zero attached hydrogens (tertiary/aromatic N) is 3. The van der Waals surface area contributed by atoms with Gasteiger partial charge in [-0.05, 0) is 18.2 Å². The van der Waals surface area contributed by atoms with Gasteiger partial charge in [0.15, 0.2) is 0 Å². The molecule has 4 rings (SSSR count). The van der Waals surface area contributed by atoms with Crippen molar-refractivity contribution in [1.29, 1.82) is 5.26 Å². The zero-order valence-corrected chi connectivity index (χ0v) is 16.1. The Morgan fingerprint density at radius 3 is 2.71 bits per heavy atom. The SMILES string of the molecule is COc1ccccc1C1CC(=O)N2CN(c3ccccc3F)CSC2=C1C#N. The molecule has 0 bridgehead atoms. The molecule has 142 valence electrons. The molecule has 0 aliphatic carbocycles. The van der Waals surface area contributed by atoms with E-state index < -0.39 is 0 Å². The molecule has 0 saturated carbocycles. The highest BCUT2D eigenvalue weighted by atomic mass is 32.2. The molecule has 7 heteroatoms. The van der Waals surface area contributed by atoms with Crippen molar-refractivity contribution in [2.24, 2.45) is 0 Å². The second kappa shape index (κ2) is 7.56. The van der Waals surface area contributed by atoms with Gasteiger partial charge in [0, 0.05) is 17.9 Å². The average molecular weight is 395 g/mol. The first-order valence-corrected chi connectivity index (χ1v) is 9.82. The Morgan fingerprint density at radius 2 is 1.96 bits per heavy atom. The van der Waals surface area contributed by atoms with Gasteiger partial charge in [-0.25, -0.2) is 4.39 Å². The van der Waals surface area contributed by atoms with Crippen molar-refractivity contribution in [3.05, 3.63) is 70.5 Å². The van der Waals surface area contributed by atoms with E-state index >= 15 is 0 Å².